The molecule has 2 unspecified atom stereocenters. The highest BCUT2D eigenvalue weighted by Gasteiger charge is 2.56. The number of ether oxygens (including phenoxy) is 2. The highest BCUT2D eigenvalue weighted by molar-refractivity contribution is 5.68. The number of aliphatic carboxylic acids is 1. The highest BCUT2D eigenvalue weighted by atomic mass is 16.7. The van der Waals surface area contributed by atoms with Crippen LogP contribution < -0.4 is 5.73 Å². The van der Waals surface area contributed by atoms with Crippen LogP contribution in [0.25, 0.3) is 0 Å². The molecule has 0 radical (unpaired) electrons. The second-order valence-corrected chi connectivity index (χ2v) is 7.91. The predicted molar refractivity (Wildman–Crippen MR) is 84.5 cm³/mol. The van der Waals surface area contributed by atoms with Gasteiger partial charge in [-0.2, -0.15) is 0 Å². The standard InChI is InChI=1S/C17H31NO4/c1-15(2,3)16(12-14(19)20)11-13(7-10-18)21-17(22-16)8-5-4-6-9-17/h13H,4-12,18H2,1-3H3,(H,19,20). The number of carbonyl (C=O) groups is 1. The number of hydrogen-bond acceptors (Lipinski definition) is 4. The van der Waals surface area contributed by atoms with Crippen molar-refractivity contribution >= 4 is 5.97 Å². The van der Waals surface area contributed by atoms with Crippen LogP contribution in [0.2, 0.25) is 0 Å². The normalized spacial score (nSPS) is 32.1. The lowest BCUT2D eigenvalue weighted by atomic mass is 9.69. The minimum absolute atomic E-state index is 0.0165. The molecule has 0 amide bonds. The molecule has 2 fully saturated rings. The first-order valence-electron chi connectivity index (χ1n) is 8.52. The van der Waals surface area contributed by atoms with Gasteiger partial charge < -0.3 is 20.3 Å². The maximum atomic E-state index is 11.5. The molecule has 1 saturated heterocycles. The summed E-state index contributed by atoms with van der Waals surface area (Å²) in [5.41, 5.74) is 4.77. The van der Waals surface area contributed by atoms with Gasteiger partial charge in [-0.3, -0.25) is 4.79 Å². The molecule has 22 heavy (non-hydrogen) atoms. The molecule has 0 aromatic rings. The van der Waals surface area contributed by atoms with Gasteiger partial charge in [0.25, 0.3) is 0 Å². The molecule has 128 valence electrons. The van der Waals surface area contributed by atoms with Crippen molar-refractivity contribution in [3.63, 3.8) is 0 Å². The summed E-state index contributed by atoms with van der Waals surface area (Å²) in [6, 6.07) is 0. The van der Waals surface area contributed by atoms with E-state index in [0.29, 0.717) is 13.0 Å². The summed E-state index contributed by atoms with van der Waals surface area (Å²) in [6.45, 7) is 6.75. The summed E-state index contributed by atoms with van der Waals surface area (Å²) in [5, 5.41) is 9.45. The van der Waals surface area contributed by atoms with E-state index in [1.54, 1.807) is 0 Å². The molecule has 5 heteroatoms. The van der Waals surface area contributed by atoms with Gasteiger partial charge in [0.1, 0.15) is 0 Å². The molecule has 1 aliphatic heterocycles. The zero-order chi connectivity index (χ0) is 16.4. The third-order valence-electron chi connectivity index (χ3n) is 5.23. The third-order valence-corrected chi connectivity index (χ3v) is 5.23. The van der Waals surface area contributed by atoms with Crippen LogP contribution in [0.5, 0.6) is 0 Å². The van der Waals surface area contributed by atoms with E-state index in [0.717, 1.165) is 32.1 Å². The predicted octanol–water partition coefficient (Wildman–Crippen LogP) is 3.06. The van der Waals surface area contributed by atoms with Gasteiger partial charge in [0, 0.05) is 19.3 Å². The van der Waals surface area contributed by atoms with Crippen molar-refractivity contribution in [2.45, 2.75) is 89.6 Å². The molecule has 2 atom stereocenters. The number of hydrogen-bond donors (Lipinski definition) is 2. The Morgan fingerprint density at radius 3 is 2.41 bits per heavy atom. The van der Waals surface area contributed by atoms with Gasteiger partial charge in [0.15, 0.2) is 5.79 Å². The molecule has 1 spiro atoms. The summed E-state index contributed by atoms with van der Waals surface area (Å²) in [4.78, 5) is 11.5. The summed E-state index contributed by atoms with van der Waals surface area (Å²) in [7, 11) is 0. The van der Waals surface area contributed by atoms with Crippen molar-refractivity contribution in [2.75, 3.05) is 6.54 Å². The molecule has 2 aliphatic rings. The molecule has 0 aromatic heterocycles. The average molecular weight is 313 g/mol. The van der Waals surface area contributed by atoms with Gasteiger partial charge in [0.2, 0.25) is 0 Å². The van der Waals surface area contributed by atoms with Crippen LogP contribution in [-0.2, 0) is 14.3 Å². The van der Waals surface area contributed by atoms with E-state index in [1.165, 1.54) is 6.42 Å². The zero-order valence-electron chi connectivity index (χ0n) is 14.2. The molecule has 0 bridgehead atoms. The summed E-state index contributed by atoms with van der Waals surface area (Å²) in [5.74, 6) is -1.42. The van der Waals surface area contributed by atoms with E-state index in [1.807, 2.05) is 0 Å². The van der Waals surface area contributed by atoms with Crippen molar-refractivity contribution in [1.29, 1.82) is 0 Å². The fourth-order valence-electron chi connectivity index (χ4n) is 3.87. The van der Waals surface area contributed by atoms with E-state index in [4.69, 9.17) is 15.2 Å². The quantitative estimate of drug-likeness (QED) is 0.833. The lowest BCUT2D eigenvalue weighted by Crippen LogP contribution is -2.61. The van der Waals surface area contributed by atoms with Gasteiger partial charge in [0.05, 0.1) is 18.1 Å². The highest BCUT2D eigenvalue weighted by Crippen LogP contribution is 2.51. The third kappa shape index (κ3) is 3.63. The van der Waals surface area contributed by atoms with Gasteiger partial charge in [-0.05, 0) is 31.2 Å². The van der Waals surface area contributed by atoms with Gasteiger partial charge in [-0.1, -0.05) is 27.2 Å². The second-order valence-electron chi connectivity index (χ2n) is 7.91. The van der Waals surface area contributed by atoms with E-state index >= 15 is 0 Å². The Morgan fingerprint density at radius 2 is 1.91 bits per heavy atom. The Balaban J connectivity index is 2.35. The lowest BCUT2D eigenvalue weighted by Gasteiger charge is -2.56. The van der Waals surface area contributed by atoms with E-state index in [9.17, 15) is 9.90 Å². The fourth-order valence-corrected chi connectivity index (χ4v) is 3.87. The van der Waals surface area contributed by atoms with Crippen LogP contribution >= 0.6 is 0 Å². The van der Waals surface area contributed by atoms with Gasteiger partial charge in [-0.15, -0.1) is 0 Å². The molecule has 0 aromatic carbocycles. The summed E-state index contributed by atoms with van der Waals surface area (Å²) in [6.07, 6.45) is 6.39. The first-order chi connectivity index (χ1) is 10.2. The molecule has 1 aliphatic carbocycles. The maximum Gasteiger partial charge on any atom is 0.306 e. The molecular weight excluding hydrogens is 282 g/mol. The average Bonchev–Trinajstić information content (AvgIpc) is 2.37. The van der Waals surface area contributed by atoms with E-state index in [2.05, 4.69) is 20.8 Å². The van der Waals surface area contributed by atoms with Gasteiger partial charge in [-0.25, -0.2) is 0 Å². The van der Waals surface area contributed by atoms with Crippen LogP contribution in [0, 0.1) is 5.41 Å². The van der Waals surface area contributed by atoms with Crippen LogP contribution in [0.1, 0.15) is 72.1 Å². The van der Waals surface area contributed by atoms with Crippen molar-refractivity contribution in [3.05, 3.63) is 0 Å². The Hall–Kier alpha value is -0.650. The van der Waals surface area contributed by atoms with Crippen molar-refractivity contribution in [3.8, 4) is 0 Å². The topological polar surface area (TPSA) is 81.8 Å². The van der Waals surface area contributed by atoms with E-state index in [-0.39, 0.29) is 17.9 Å². The molecule has 1 heterocycles. The Bertz CT molecular complexity index is 398. The van der Waals surface area contributed by atoms with Crippen LogP contribution in [0.3, 0.4) is 0 Å². The lowest BCUT2D eigenvalue weighted by molar-refractivity contribution is -0.378. The number of carboxylic acid groups (broad SMARTS) is 1. The largest absolute Gasteiger partial charge is 0.481 e. The molecule has 1 saturated carbocycles. The summed E-state index contributed by atoms with van der Waals surface area (Å²) < 4.78 is 12.8. The Labute approximate surface area is 133 Å². The first kappa shape index (κ1) is 17.7. The van der Waals surface area contributed by atoms with Crippen LogP contribution in [0.4, 0.5) is 0 Å². The fraction of sp³-hybridized carbons (Fsp3) is 0.941. The molecular formula is C17H31NO4. The molecule has 5 nitrogen and oxygen atoms in total. The molecule has 3 N–H and O–H groups in total. The first-order valence-corrected chi connectivity index (χ1v) is 8.52. The number of carboxylic acids is 1. The SMILES string of the molecule is CC(C)(C)C1(CC(=O)O)CC(CCN)OC2(CCCCC2)O1. The Kier molecular flexibility index (Phi) is 5.20. The second kappa shape index (κ2) is 6.46. The minimum Gasteiger partial charge on any atom is -0.481 e. The van der Waals surface area contributed by atoms with Crippen molar-refractivity contribution in [1.82, 2.24) is 0 Å². The minimum atomic E-state index is -0.811. The van der Waals surface area contributed by atoms with Crippen LogP contribution in [0.15, 0.2) is 0 Å². The van der Waals surface area contributed by atoms with E-state index < -0.39 is 17.4 Å². The Morgan fingerprint density at radius 1 is 1.27 bits per heavy atom. The zero-order valence-corrected chi connectivity index (χ0v) is 14.2. The number of rotatable bonds is 4. The smallest absolute Gasteiger partial charge is 0.306 e. The van der Waals surface area contributed by atoms with Gasteiger partial charge >= 0.3 is 5.97 Å². The monoisotopic (exact) mass is 313 g/mol. The van der Waals surface area contributed by atoms with Crippen molar-refractivity contribution < 1.29 is 19.4 Å². The maximum absolute atomic E-state index is 11.5. The number of nitrogens with two attached hydrogens (primary N) is 1. The summed E-state index contributed by atoms with van der Waals surface area (Å²) >= 11 is 0. The molecule has 2 rings (SSSR count). The van der Waals surface area contributed by atoms with Crippen LogP contribution in [-0.4, -0.2) is 35.1 Å². The van der Waals surface area contributed by atoms with Crippen molar-refractivity contribution in [2.24, 2.45) is 11.1 Å².